The minimum atomic E-state index is 0.208. The first-order chi connectivity index (χ1) is 10.3. The molecular formula is C18H21BrO2S. The Morgan fingerprint density at radius 2 is 1.50 bits per heavy atom. The Hall–Kier alpha value is -1.13. The maximum Gasteiger partial charge on any atom is 0.133 e. The molecule has 0 heterocycles. The van der Waals surface area contributed by atoms with Gasteiger partial charge in [-0.15, -0.1) is 11.8 Å². The normalized spacial score (nSPS) is 11.4. The Labute approximate surface area is 145 Å². The van der Waals surface area contributed by atoms with Crippen LogP contribution in [0.5, 0.6) is 11.5 Å². The molecule has 0 amide bonds. The lowest BCUT2D eigenvalue weighted by atomic mass is 10.0. The lowest BCUT2D eigenvalue weighted by molar-refractivity contribution is 0.402. The van der Waals surface area contributed by atoms with Crippen LogP contribution in [0.15, 0.2) is 45.8 Å². The molecule has 2 aromatic carbocycles. The second kappa shape index (κ2) is 6.97. The number of rotatable bonds is 4. The molecule has 2 aromatic rings. The van der Waals surface area contributed by atoms with Gasteiger partial charge in [0.15, 0.2) is 0 Å². The summed E-state index contributed by atoms with van der Waals surface area (Å²) in [4.78, 5) is 1.26. The second-order valence-corrected chi connectivity index (χ2v) is 8.68. The number of halogens is 1. The molecule has 4 heteroatoms. The molecule has 118 valence electrons. The predicted octanol–water partition coefficient (Wildman–Crippen LogP) is 6.02. The molecular weight excluding hydrogens is 360 g/mol. The third kappa shape index (κ3) is 4.20. The smallest absolute Gasteiger partial charge is 0.133 e. The van der Waals surface area contributed by atoms with E-state index in [1.807, 2.05) is 23.9 Å². The summed E-state index contributed by atoms with van der Waals surface area (Å²) in [6, 6.07) is 12.5. The van der Waals surface area contributed by atoms with Crippen molar-refractivity contribution in [2.24, 2.45) is 0 Å². The molecule has 0 aliphatic carbocycles. The van der Waals surface area contributed by atoms with Crippen molar-refractivity contribution in [1.82, 2.24) is 0 Å². The van der Waals surface area contributed by atoms with Crippen molar-refractivity contribution < 1.29 is 9.47 Å². The molecule has 0 aliphatic rings. The van der Waals surface area contributed by atoms with Gasteiger partial charge in [-0.3, -0.25) is 0 Å². The number of hydrogen-bond acceptors (Lipinski definition) is 3. The molecule has 0 N–H and O–H groups in total. The molecule has 0 aromatic heterocycles. The molecule has 0 aliphatic heterocycles. The van der Waals surface area contributed by atoms with Crippen LogP contribution >= 0.6 is 27.7 Å². The van der Waals surface area contributed by atoms with Crippen molar-refractivity contribution in [3.8, 4) is 22.6 Å². The Balaban J connectivity index is 2.39. The van der Waals surface area contributed by atoms with Crippen molar-refractivity contribution in [1.29, 1.82) is 0 Å². The van der Waals surface area contributed by atoms with Gasteiger partial charge in [0.05, 0.1) is 18.7 Å². The maximum atomic E-state index is 5.50. The van der Waals surface area contributed by atoms with Crippen molar-refractivity contribution in [3.05, 3.63) is 40.9 Å². The van der Waals surface area contributed by atoms with Gasteiger partial charge in [0.1, 0.15) is 11.5 Å². The lowest BCUT2D eigenvalue weighted by Crippen LogP contribution is -2.06. The molecule has 0 saturated carbocycles. The van der Waals surface area contributed by atoms with E-state index in [-0.39, 0.29) is 4.75 Å². The van der Waals surface area contributed by atoms with E-state index in [0.717, 1.165) is 27.1 Å². The van der Waals surface area contributed by atoms with Crippen molar-refractivity contribution in [3.63, 3.8) is 0 Å². The number of methoxy groups -OCH3 is 2. The summed E-state index contributed by atoms with van der Waals surface area (Å²) < 4.78 is 12.0. The van der Waals surface area contributed by atoms with Crippen LogP contribution in [0.1, 0.15) is 20.8 Å². The average Bonchev–Trinajstić information content (AvgIpc) is 2.46. The van der Waals surface area contributed by atoms with E-state index in [1.54, 1.807) is 14.2 Å². The Morgan fingerprint density at radius 1 is 0.909 bits per heavy atom. The van der Waals surface area contributed by atoms with Crippen LogP contribution in [0.25, 0.3) is 11.1 Å². The maximum absolute atomic E-state index is 5.50. The standard InChI is InChI=1S/C18H21BrO2S/c1-18(2,3)22-13-8-6-12(7-9-13)14-10-17(21-5)15(19)11-16(14)20-4/h6-11H,1-5H3. The number of ether oxygens (including phenoxy) is 2. The van der Waals surface area contributed by atoms with Gasteiger partial charge in [-0.1, -0.05) is 32.9 Å². The summed E-state index contributed by atoms with van der Waals surface area (Å²) in [7, 11) is 3.35. The Morgan fingerprint density at radius 3 is 2.00 bits per heavy atom. The monoisotopic (exact) mass is 380 g/mol. The third-order valence-electron chi connectivity index (χ3n) is 3.06. The first-order valence-electron chi connectivity index (χ1n) is 7.05. The summed E-state index contributed by atoms with van der Waals surface area (Å²) >= 11 is 5.35. The Kier molecular flexibility index (Phi) is 5.45. The van der Waals surface area contributed by atoms with Gasteiger partial charge in [0, 0.05) is 15.2 Å². The number of benzene rings is 2. The zero-order chi connectivity index (χ0) is 16.3. The van der Waals surface area contributed by atoms with Gasteiger partial charge in [-0.25, -0.2) is 0 Å². The molecule has 0 fully saturated rings. The van der Waals surface area contributed by atoms with E-state index >= 15 is 0 Å². The summed E-state index contributed by atoms with van der Waals surface area (Å²) in [5.74, 6) is 1.62. The van der Waals surface area contributed by atoms with E-state index in [2.05, 4.69) is 61.0 Å². The highest BCUT2D eigenvalue weighted by molar-refractivity contribution is 9.10. The number of hydrogen-bond donors (Lipinski definition) is 0. The van der Waals surface area contributed by atoms with Gasteiger partial charge >= 0.3 is 0 Å². The minimum Gasteiger partial charge on any atom is -0.496 e. The van der Waals surface area contributed by atoms with Crippen LogP contribution in [-0.4, -0.2) is 19.0 Å². The lowest BCUT2D eigenvalue weighted by Gasteiger charge is -2.18. The Bertz CT molecular complexity index is 645. The average molecular weight is 381 g/mol. The van der Waals surface area contributed by atoms with E-state index in [4.69, 9.17) is 9.47 Å². The first-order valence-corrected chi connectivity index (χ1v) is 8.66. The SMILES string of the molecule is COc1cc(-c2ccc(SC(C)(C)C)cc2)c(OC)cc1Br. The van der Waals surface area contributed by atoms with Gasteiger partial charge in [0.25, 0.3) is 0 Å². The van der Waals surface area contributed by atoms with E-state index in [9.17, 15) is 0 Å². The molecule has 0 unspecified atom stereocenters. The quantitative estimate of drug-likeness (QED) is 0.603. The topological polar surface area (TPSA) is 18.5 Å². The van der Waals surface area contributed by atoms with Crippen LogP contribution in [-0.2, 0) is 0 Å². The van der Waals surface area contributed by atoms with Gasteiger partial charge in [-0.05, 0) is 45.8 Å². The fraction of sp³-hybridized carbons (Fsp3) is 0.333. The highest BCUT2D eigenvalue weighted by Gasteiger charge is 2.14. The summed E-state index contributed by atoms with van der Waals surface area (Å²) in [5.41, 5.74) is 2.13. The fourth-order valence-electron chi connectivity index (χ4n) is 2.14. The van der Waals surface area contributed by atoms with Crippen molar-refractivity contribution in [2.75, 3.05) is 14.2 Å². The highest BCUT2D eigenvalue weighted by Crippen LogP contribution is 2.39. The molecule has 0 radical (unpaired) electrons. The first kappa shape index (κ1) is 17.2. The van der Waals surface area contributed by atoms with Crippen LogP contribution in [0, 0.1) is 0 Å². The van der Waals surface area contributed by atoms with Crippen LogP contribution in [0.3, 0.4) is 0 Å². The van der Waals surface area contributed by atoms with Gasteiger partial charge in [0.2, 0.25) is 0 Å². The molecule has 2 nitrogen and oxygen atoms in total. The van der Waals surface area contributed by atoms with Crippen LogP contribution < -0.4 is 9.47 Å². The predicted molar refractivity (Wildman–Crippen MR) is 98.3 cm³/mol. The fourth-order valence-corrected chi connectivity index (χ4v) is 3.61. The van der Waals surface area contributed by atoms with Crippen molar-refractivity contribution in [2.45, 2.75) is 30.4 Å². The van der Waals surface area contributed by atoms with Crippen LogP contribution in [0.2, 0.25) is 0 Å². The van der Waals surface area contributed by atoms with E-state index in [1.165, 1.54) is 4.90 Å². The molecule has 0 spiro atoms. The van der Waals surface area contributed by atoms with Crippen molar-refractivity contribution >= 4 is 27.7 Å². The summed E-state index contributed by atoms with van der Waals surface area (Å²) in [6.45, 7) is 6.65. The minimum absolute atomic E-state index is 0.208. The van der Waals surface area contributed by atoms with Gasteiger partial charge in [-0.2, -0.15) is 0 Å². The zero-order valence-electron chi connectivity index (χ0n) is 13.6. The van der Waals surface area contributed by atoms with Gasteiger partial charge < -0.3 is 9.47 Å². The summed E-state index contributed by atoms with van der Waals surface area (Å²) in [6.07, 6.45) is 0. The molecule has 0 saturated heterocycles. The third-order valence-corrected chi connectivity index (χ3v) is 4.80. The van der Waals surface area contributed by atoms with E-state index in [0.29, 0.717) is 0 Å². The number of thioether (sulfide) groups is 1. The largest absolute Gasteiger partial charge is 0.496 e. The molecule has 0 atom stereocenters. The molecule has 22 heavy (non-hydrogen) atoms. The molecule has 0 bridgehead atoms. The summed E-state index contributed by atoms with van der Waals surface area (Å²) in [5, 5.41) is 0. The second-order valence-electron chi connectivity index (χ2n) is 5.93. The highest BCUT2D eigenvalue weighted by atomic mass is 79.9. The molecule has 2 rings (SSSR count). The zero-order valence-corrected chi connectivity index (χ0v) is 16.0. The van der Waals surface area contributed by atoms with E-state index < -0.39 is 0 Å². The van der Waals surface area contributed by atoms with Crippen LogP contribution in [0.4, 0.5) is 0 Å².